The Labute approximate surface area is 178 Å². The van der Waals surface area contributed by atoms with Crippen molar-refractivity contribution in [3.63, 3.8) is 0 Å². The monoisotopic (exact) mass is 425 g/mol. The minimum Gasteiger partial charge on any atom is -0.331 e. The number of rotatable bonds is 6. The highest BCUT2D eigenvalue weighted by Gasteiger charge is 2.22. The first-order valence-electron chi connectivity index (χ1n) is 9.61. The number of carbonyl (C=O) groups excluding carboxylic acids is 2. The molecule has 0 atom stereocenters. The van der Waals surface area contributed by atoms with Crippen molar-refractivity contribution >= 4 is 34.6 Å². The van der Waals surface area contributed by atoms with E-state index in [1.54, 1.807) is 27.6 Å². The van der Waals surface area contributed by atoms with E-state index in [0.717, 1.165) is 16.2 Å². The summed E-state index contributed by atoms with van der Waals surface area (Å²) in [6.07, 6.45) is 0.848. The van der Waals surface area contributed by atoms with Crippen LogP contribution in [-0.4, -0.2) is 34.8 Å². The molecule has 0 saturated heterocycles. The average molecular weight is 426 g/mol. The molecular weight excluding hydrogens is 402 g/mol. The van der Waals surface area contributed by atoms with E-state index in [1.165, 1.54) is 11.1 Å². The van der Waals surface area contributed by atoms with Gasteiger partial charge in [0.25, 0.3) is 0 Å². The highest BCUT2D eigenvalue weighted by Crippen LogP contribution is 2.19. The van der Waals surface area contributed by atoms with Gasteiger partial charge in [-0.05, 0) is 40.4 Å². The molecule has 29 heavy (non-hydrogen) atoms. The molecule has 0 radical (unpaired) electrons. The Morgan fingerprint density at radius 1 is 0.931 bits per heavy atom. The topological polar surface area (TPSA) is 52.7 Å². The van der Waals surface area contributed by atoms with E-state index >= 15 is 0 Å². The molecule has 3 aromatic rings. The van der Waals surface area contributed by atoms with Crippen molar-refractivity contribution in [2.24, 2.45) is 0 Å². The predicted octanol–water partition coefficient (Wildman–Crippen LogP) is 4.11. The summed E-state index contributed by atoms with van der Waals surface area (Å²) in [7, 11) is 0. The van der Waals surface area contributed by atoms with Gasteiger partial charge in [0.1, 0.15) is 0 Å². The van der Waals surface area contributed by atoms with E-state index in [4.69, 9.17) is 0 Å². The molecule has 7 heteroatoms. The third-order valence-electron chi connectivity index (χ3n) is 5.02. The molecule has 150 valence electrons. The lowest BCUT2D eigenvalue weighted by Gasteiger charge is -2.29. The molecule has 1 aliphatic heterocycles. The molecule has 1 aromatic carbocycles. The second kappa shape index (κ2) is 9.24. The first-order chi connectivity index (χ1) is 14.2. The lowest BCUT2D eigenvalue weighted by Crippen LogP contribution is -2.46. The van der Waals surface area contributed by atoms with Crippen molar-refractivity contribution < 1.29 is 9.59 Å². The Morgan fingerprint density at radius 3 is 2.21 bits per heavy atom. The first-order valence-corrected chi connectivity index (χ1v) is 11.4. The molecule has 0 spiro atoms. The zero-order valence-corrected chi connectivity index (χ0v) is 17.7. The van der Waals surface area contributed by atoms with E-state index in [1.807, 2.05) is 52.1 Å². The van der Waals surface area contributed by atoms with Gasteiger partial charge in [0.05, 0.1) is 19.6 Å². The van der Waals surface area contributed by atoms with Crippen LogP contribution in [0.2, 0.25) is 0 Å². The highest BCUT2D eigenvalue weighted by molar-refractivity contribution is 7.10. The summed E-state index contributed by atoms with van der Waals surface area (Å²) in [5, 5.41) is 6.85. The fraction of sp³-hybridized carbons (Fsp3) is 0.273. The Kier molecular flexibility index (Phi) is 6.27. The van der Waals surface area contributed by atoms with Crippen molar-refractivity contribution in [1.29, 1.82) is 0 Å². The van der Waals surface area contributed by atoms with Crippen LogP contribution in [0.15, 0.2) is 59.3 Å². The van der Waals surface area contributed by atoms with Crippen LogP contribution in [0, 0.1) is 0 Å². The van der Waals surface area contributed by atoms with Gasteiger partial charge in [-0.25, -0.2) is 4.79 Å². The molecular formula is C22H23N3O2S2. The van der Waals surface area contributed by atoms with Crippen LogP contribution < -0.4 is 5.32 Å². The molecule has 0 bridgehead atoms. The molecule has 2 aromatic heterocycles. The number of fused-ring (bicyclic) bond motifs is 1. The molecule has 5 nitrogen and oxygen atoms in total. The number of amides is 3. The number of hydrogen-bond donors (Lipinski definition) is 1. The van der Waals surface area contributed by atoms with E-state index in [-0.39, 0.29) is 18.5 Å². The molecule has 1 aliphatic rings. The van der Waals surface area contributed by atoms with Crippen LogP contribution in [0.3, 0.4) is 0 Å². The summed E-state index contributed by atoms with van der Waals surface area (Å²) in [6.45, 7) is 2.38. The standard InChI is InChI=1S/C22H23N3O2S2/c26-21(25(15-19-7-3-11-28-19)16-20-8-4-12-29-20)13-23-22(27)24-10-9-17-5-1-2-6-18(17)14-24/h1-8,11-12H,9-10,13-16H2,(H,23,27). The van der Waals surface area contributed by atoms with Crippen molar-refractivity contribution in [1.82, 2.24) is 15.1 Å². The lowest BCUT2D eigenvalue weighted by atomic mass is 10.0. The lowest BCUT2D eigenvalue weighted by molar-refractivity contribution is -0.131. The van der Waals surface area contributed by atoms with E-state index in [9.17, 15) is 9.59 Å². The SMILES string of the molecule is O=C(CNC(=O)N1CCc2ccccc2C1)N(Cc1cccs1)Cc1cccs1. The Morgan fingerprint density at radius 2 is 1.59 bits per heavy atom. The van der Waals surface area contributed by atoms with Gasteiger partial charge in [0, 0.05) is 22.8 Å². The van der Waals surface area contributed by atoms with Crippen LogP contribution in [0.25, 0.3) is 0 Å². The largest absolute Gasteiger partial charge is 0.331 e. The van der Waals surface area contributed by atoms with Crippen molar-refractivity contribution in [3.05, 3.63) is 80.2 Å². The minimum atomic E-state index is -0.181. The van der Waals surface area contributed by atoms with Gasteiger partial charge < -0.3 is 15.1 Å². The molecule has 3 heterocycles. The van der Waals surface area contributed by atoms with Crippen LogP contribution >= 0.6 is 22.7 Å². The molecule has 0 unspecified atom stereocenters. The quantitative estimate of drug-likeness (QED) is 0.646. The number of hydrogen-bond acceptors (Lipinski definition) is 4. The van der Waals surface area contributed by atoms with Gasteiger partial charge in [-0.2, -0.15) is 0 Å². The van der Waals surface area contributed by atoms with Gasteiger partial charge in [-0.15, -0.1) is 22.7 Å². The van der Waals surface area contributed by atoms with Gasteiger partial charge in [0.2, 0.25) is 5.91 Å². The average Bonchev–Trinajstić information content (AvgIpc) is 3.45. The molecule has 0 saturated carbocycles. The second-order valence-electron chi connectivity index (χ2n) is 7.01. The highest BCUT2D eigenvalue weighted by atomic mass is 32.1. The van der Waals surface area contributed by atoms with Crippen LogP contribution in [-0.2, 0) is 30.8 Å². The molecule has 1 N–H and O–H groups in total. The van der Waals surface area contributed by atoms with E-state index in [0.29, 0.717) is 26.2 Å². The smallest absolute Gasteiger partial charge is 0.318 e. The first kappa shape index (κ1) is 19.7. The summed E-state index contributed by atoms with van der Waals surface area (Å²) in [5.41, 5.74) is 2.47. The number of benzene rings is 1. The maximum atomic E-state index is 12.9. The molecule has 0 fully saturated rings. The summed E-state index contributed by atoms with van der Waals surface area (Å²) in [5.74, 6) is -0.0717. The minimum absolute atomic E-state index is 0.00767. The molecule has 0 aliphatic carbocycles. The van der Waals surface area contributed by atoms with Crippen LogP contribution in [0.5, 0.6) is 0 Å². The normalized spacial score (nSPS) is 13.0. The predicted molar refractivity (Wildman–Crippen MR) is 117 cm³/mol. The van der Waals surface area contributed by atoms with E-state index in [2.05, 4.69) is 17.4 Å². The van der Waals surface area contributed by atoms with Gasteiger partial charge in [0.15, 0.2) is 0 Å². The summed E-state index contributed by atoms with van der Waals surface area (Å²) < 4.78 is 0. The second-order valence-corrected chi connectivity index (χ2v) is 9.07. The van der Waals surface area contributed by atoms with Gasteiger partial charge in [-0.3, -0.25) is 4.79 Å². The van der Waals surface area contributed by atoms with Crippen LogP contribution in [0.1, 0.15) is 20.9 Å². The number of nitrogens with zero attached hydrogens (tertiary/aromatic N) is 2. The molecule has 3 amide bonds. The fourth-order valence-corrected chi connectivity index (χ4v) is 4.90. The van der Waals surface area contributed by atoms with E-state index < -0.39 is 0 Å². The number of carbonyl (C=O) groups is 2. The summed E-state index contributed by atoms with van der Waals surface area (Å²) in [6, 6.07) is 16.1. The fourth-order valence-electron chi connectivity index (χ4n) is 3.46. The van der Waals surface area contributed by atoms with Crippen molar-refractivity contribution in [2.75, 3.05) is 13.1 Å². The third-order valence-corrected chi connectivity index (χ3v) is 6.74. The van der Waals surface area contributed by atoms with Gasteiger partial charge in [-0.1, -0.05) is 36.4 Å². The zero-order chi connectivity index (χ0) is 20.1. The van der Waals surface area contributed by atoms with Gasteiger partial charge >= 0.3 is 6.03 Å². The van der Waals surface area contributed by atoms with Crippen molar-refractivity contribution in [3.8, 4) is 0 Å². The number of nitrogens with one attached hydrogen (secondary N) is 1. The number of urea groups is 1. The zero-order valence-electron chi connectivity index (χ0n) is 16.0. The third kappa shape index (κ3) is 5.05. The Hall–Kier alpha value is -2.64. The maximum Gasteiger partial charge on any atom is 0.318 e. The molecule has 4 rings (SSSR count). The van der Waals surface area contributed by atoms with Crippen LogP contribution in [0.4, 0.5) is 4.79 Å². The summed E-state index contributed by atoms with van der Waals surface area (Å²) >= 11 is 3.27. The summed E-state index contributed by atoms with van der Waals surface area (Å²) in [4.78, 5) is 31.4. The Balaban J connectivity index is 1.35. The maximum absolute atomic E-state index is 12.9. The van der Waals surface area contributed by atoms with Crippen molar-refractivity contribution in [2.45, 2.75) is 26.1 Å². The number of thiophene rings is 2. The Bertz CT molecular complexity index is 918.